The molecular formula is C9H13NS. The van der Waals surface area contributed by atoms with Gasteiger partial charge in [-0.05, 0) is 24.8 Å². The first-order valence-corrected chi connectivity index (χ1v) is 4.92. The van der Waals surface area contributed by atoms with E-state index in [0.29, 0.717) is 5.25 Å². The fraction of sp³-hybridized carbons (Fsp3) is 0.444. The molecule has 2 heteroatoms. The molecule has 1 aromatic heterocycles. The quantitative estimate of drug-likeness (QED) is 0.686. The van der Waals surface area contributed by atoms with E-state index in [4.69, 9.17) is 0 Å². The molecule has 0 aliphatic carbocycles. The maximum Gasteiger partial charge on any atom is 0.0530 e. The minimum atomic E-state index is 0.529. The number of pyridine rings is 1. The second-order valence-electron chi connectivity index (χ2n) is 2.35. The van der Waals surface area contributed by atoms with Crippen LogP contribution in [-0.2, 0) is 0 Å². The van der Waals surface area contributed by atoms with Crippen LogP contribution in [0.2, 0.25) is 0 Å². The van der Waals surface area contributed by atoms with Crippen LogP contribution in [0.25, 0.3) is 0 Å². The predicted octanol–water partition coefficient (Wildman–Crippen LogP) is 2.90. The summed E-state index contributed by atoms with van der Waals surface area (Å²) < 4.78 is 0. The van der Waals surface area contributed by atoms with Gasteiger partial charge in [0.15, 0.2) is 0 Å². The van der Waals surface area contributed by atoms with Gasteiger partial charge in [-0.1, -0.05) is 13.0 Å². The van der Waals surface area contributed by atoms with Crippen LogP contribution in [-0.4, -0.2) is 10.7 Å². The first kappa shape index (κ1) is 8.60. The van der Waals surface area contributed by atoms with Crippen molar-refractivity contribution in [3.8, 4) is 0 Å². The third kappa shape index (κ3) is 2.54. The molecule has 0 aliphatic heterocycles. The highest BCUT2D eigenvalue weighted by molar-refractivity contribution is 7.99. The highest BCUT2D eigenvalue weighted by Gasteiger charge is 2.03. The summed E-state index contributed by atoms with van der Waals surface area (Å²) in [6.45, 7) is 4.36. The average molecular weight is 167 g/mol. The standard InChI is InChI=1S/C9H13NS/c1-3-11-8(2)9-6-4-5-7-10-9/h4-8H,3H2,1-2H3. The van der Waals surface area contributed by atoms with Crippen LogP contribution < -0.4 is 0 Å². The van der Waals surface area contributed by atoms with Gasteiger partial charge in [0.1, 0.15) is 0 Å². The Balaban J connectivity index is 2.61. The zero-order valence-electron chi connectivity index (χ0n) is 6.95. The van der Waals surface area contributed by atoms with Crippen molar-refractivity contribution >= 4 is 11.8 Å². The summed E-state index contributed by atoms with van der Waals surface area (Å²) in [6.07, 6.45) is 1.85. The number of rotatable bonds is 3. The molecule has 0 saturated carbocycles. The van der Waals surface area contributed by atoms with E-state index >= 15 is 0 Å². The molecule has 1 atom stereocenters. The first-order chi connectivity index (χ1) is 5.34. The van der Waals surface area contributed by atoms with Gasteiger partial charge in [-0.2, -0.15) is 11.8 Å². The topological polar surface area (TPSA) is 12.9 Å². The Morgan fingerprint density at radius 2 is 2.36 bits per heavy atom. The molecule has 0 saturated heterocycles. The Bertz CT molecular complexity index is 198. The lowest BCUT2D eigenvalue weighted by atomic mass is 10.3. The average Bonchev–Trinajstić information content (AvgIpc) is 2.07. The van der Waals surface area contributed by atoms with Crippen molar-refractivity contribution in [3.05, 3.63) is 30.1 Å². The van der Waals surface area contributed by atoms with E-state index in [1.807, 2.05) is 30.1 Å². The van der Waals surface area contributed by atoms with E-state index in [0.717, 1.165) is 5.75 Å². The Morgan fingerprint density at radius 3 is 2.91 bits per heavy atom. The normalized spacial score (nSPS) is 12.9. The van der Waals surface area contributed by atoms with Gasteiger partial charge in [-0.15, -0.1) is 0 Å². The Morgan fingerprint density at radius 1 is 1.55 bits per heavy atom. The zero-order valence-corrected chi connectivity index (χ0v) is 7.77. The number of nitrogens with zero attached hydrogens (tertiary/aromatic N) is 1. The van der Waals surface area contributed by atoms with E-state index in [2.05, 4.69) is 24.9 Å². The minimum Gasteiger partial charge on any atom is -0.260 e. The van der Waals surface area contributed by atoms with Crippen molar-refractivity contribution in [3.63, 3.8) is 0 Å². The Kier molecular flexibility index (Phi) is 3.43. The van der Waals surface area contributed by atoms with Gasteiger partial charge in [0.25, 0.3) is 0 Å². The molecule has 0 bridgehead atoms. The van der Waals surface area contributed by atoms with Crippen LogP contribution >= 0.6 is 11.8 Å². The van der Waals surface area contributed by atoms with E-state index in [-0.39, 0.29) is 0 Å². The summed E-state index contributed by atoms with van der Waals surface area (Å²) in [6, 6.07) is 6.06. The fourth-order valence-corrected chi connectivity index (χ4v) is 1.76. The largest absolute Gasteiger partial charge is 0.260 e. The molecule has 1 aromatic rings. The third-order valence-corrected chi connectivity index (χ3v) is 2.60. The van der Waals surface area contributed by atoms with Crippen LogP contribution in [0.1, 0.15) is 24.8 Å². The van der Waals surface area contributed by atoms with Crippen molar-refractivity contribution in [1.82, 2.24) is 4.98 Å². The number of aromatic nitrogens is 1. The third-order valence-electron chi connectivity index (χ3n) is 1.52. The van der Waals surface area contributed by atoms with Gasteiger partial charge >= 0.3 is 0 Å². The molecule has 1 unspecified atom stereocenters. The second kappa shape index (κ2) is 4.39. The molecule has 1 rings (SSSR count). The van der Waals surface area contributed by atoms with E-state index in [9.17, 15) is 0 Å². The van der Waals surface area contributed by atoms with Crippen LogP contribution in [0.3, 0.4) is 0 Å². The maximum absolute atomic E-state index is 4.28. The van der Waals surface area contributed by atoms with Gasteiger partial charge in [0.05, 0.1) is 5.69 Å². The maximum atomic E-state index is 4.28. The summed E-state index contributed by atoms with van der Waals surface area (Å²) >= 11 is 1.92. The van der Waals surface area contributed by atoms with E-state index < -0.39 is 0 Å². The molecular weight excluding hydrogens is 154 g/mol. The lowest BCUT2D eigenvalue weighted by Crippen LogP contribution is -1.91. The Labute approximate surface area is 72.2 Å². The number of thioether (sulfide) groups is 1. The van der Waals surface area contributed by atoms with Gasteiger partial charge in [0.2, 0.25) is 0 Å². The molecule has 0 aromatic carbocycles. The van der Waals surface area contributed by atoms with Gasteiger partial charge < -0.3 is 0 Å². The monoisotopic (exact) mass is 167 g/mol. The fourth-order valence-electron chi connectivity index (χ4n) is 0.952. The molecule has 1 nitrogen and oxygen atoms in total. The van der Waals surface area contributed by atoms with E-state index in [1.165, 1.54) is 5.69 Å². The van der Waals surface area contributed by atoms with Gasteiger partial charge in [-0.25, -0.2) is 0 Å². The van der Waals surface area contributed by atoms with Crippen molar-refractivity contribution < 1.29 is 0 Å². The van der Waals surface area contributed by atoms with Gasteiger partial charge in [0, 0.05) is 11.4 Å². The zero-order chi connectivity index (χ0) is 8.10. The molecule has 0 radical (unpaired) electrons. The summed E-state index contributed by atoms with van der Waals surface area (Å²) in [5.74, 6) is 1.15. The molecule has 1 heterocycles. The first-order valence-electron chi connectivity index (χ1n) is 3.87. The highest BCUT2D eigenvalue weighted by Crippen LogP contribution is 2.25. The van der Waals surface area contributed by atoms with Crippen LogP contribution in [0.15, 0.2) is 24.4 Å². The smallest absolute Gasteiger partial charge is 0.0530 e. The molecule has 0 aliphatic rings. The summed E-state index contributed by atoms with van der Waals surface area (Å²) in [7, 11) is 0. The van der Waals surface area contributed by atoms with Gasteiger partial charge in [-0.3, -0.25) is 4.98 Å². The summed E-state index contributed by atoms with van der Waals surface area (Å²) in [5.41, 5.74) is 1.18. The van der Waals surface area contributed by atoms with Crippen LogP contribution in [0, 0.1) is 0 Å². The molecule has 0 N–H and O–H groups in total. The Hall–Kier alpha value is -0.500. The molecule has 60 valence electrons. The molecule has 11 heavy (non-hydrogen) atoms. The van der Waals surface area contributed by atoms with Crippen molar-refractivity contribution in [2.45, 2.75) is 19.1 Å². The molecule has 0 fully saturated rings. The van der Waals surface area contributed by atoms with E-state index in [1.54, 1.807) is 0 Å². The second-order valence-corrected chi connectivity index (χ2v) is 3.97. The minimum absolute atomic E-state index is 0.529. The molecule has 0 spiro atoms. The van der Waals surface area contributed by atoms with Crippen LogP contribution in [0.4, 0.5) is 0 Å². The lowest BCUT2D eigenvalue weighted by molar-refractivity contribution is 1.01. The lowest BCUT2D eigenvalue weighted by Gasteiger charge is -2.07. The SMILES string of the molecule is CCSC(C)c1ccccn1. The number of hydrogen-bond acceptors (Lipinski definition) is 2. The summed E-state index contributed by atoms with van der Waals surface area (Å²) in [4.78, 5) is 4.28. The van der Waals surface area contributed by atoms with Crippen molar-refractivity contribution in [2.24, 2.45) is 0 Å². The number of hydrogen-bond donors (Lipinski definition) is 0. The predicted molar refractivity (Wildman–Crippen MR) is 50.8 cm³/mol. The molecule has 0 amide bonds. The summed E-state index contributed by atoms with van der Waals surface area (Å²) in [5, 5.41) is 0.529. The van der Waals surface area contributed by atoms with Crippen molar-refractivity contribution in [1.29, 1.82) is 0 Å². The van der Waals surface area contributed by atoms with Crippen LogP contribution in [0.5, 0.6) is 0 Å². The van der Waals surface area contributed by atoms with Crippen molar-refractivity contribution in [2.75, 3.05) is 5.75 Å². The highest BCUT2D eigenvalue weighted by atomic mass is 32.2.